The number of nitrogens with zero attached hydrogens (tertiary/aromatic N) is 4. The molecule has 0 aliphatic heterocycles. The van der Waals surface area contributed by atoms with Crippen LogP contribution in [0.25, 0.3) is 11.3 Å². The molecule has 0 bridgehead atoms. The molecule has 1 N–H and O–H groups in total. The van der Waals surface area contributed by atoms with Crippen LogP contribution in [0.5, 0.6) is 5.75 Å². The van der Waals surface area contributed by atoms with Crippen molar-refractivity contribution in [1.82, 2.24) is 19.7 Å². The standard InChI is InChI=1S/C29H35N5O2S2/c1-18(2)16-34-27(20(5)36-24-14-12-22(13-15-24)19(3)4)32-33-29(34)37-17-25(35)30-28-31-26(21(6)38-28)23-10-8-7-9-11-23/h7-15,18-20H,16-17H2,1-6H3,(H,30,31,35). The first-order chi connectivity index (χ1) is 18.2. The Morgan fingerprint density at radius 1 is 1.03 bits per heavy atom. The minimum atomic E-state index is -0.288. The van der Waals surface area contributed by atoms with Gasteiger partial charge in [-0.25, -0.2) is 4.98 Å². The molecular weight excluding hydrogens is 514 g/mol. The summed E-state index contributed by atoms with van der Waals surface area (Å²) >= 11 is 2.85. The van der Waals surface area contributed by atoms with Crippen LogP contribution in [0.3, 0.4) is 0 Å². The van der Waals surface area contributed by atoms with E-state index < -0.39 is 0 Å². The third-order valence-electron chi connectivity index (χ3n) is 5.94. The van der Waals surface area contributed by atoms with E-state index in [4.69, 9.17) is 4.74 Å². The number of benzene rings is 2. The van der Waals surface area contributed by atoms with Crippen molar-refractivity contribution in [3.63, 3.8) is 0 Å². The summed E-state index contributed by atoms with van der Waals surface area (Å²) in [6.45, 7) is 13.4. The predicted octanol–water partition coefficient (Wildman–Crippen LogP) is 7.36. The molecule has 4 rings (SSSR count). The van der Waals surface area contributed by atoms with Gasteiger partial charge in [-0.15, -0.1) is 21.5 Å². The van der Waals surface area contributed by atoms with Crippen LogP contribution in [0.15, 0.2) is 59.8 Å². The van der Waals surface area contributed by atoms with Crippen LogP contribution in [0.1, 0.15) is 62.9 Å². The molecule has 7 nitrogen and oxygen atoms in total. The number of thiazole rings is 1. The summed E-state index contributed by atoms with van der Waals surface area (Å²) in [5.74, 6) is 2.48. The van der Waals surface area contributed by atoms with Crippen LogP contribution in [0, 0.1) is 12.8 Å². The molecule has 9 heteroatoms. The molecular formula is C29H35N5O2S2. The molecule has 0 spiro atoms. The van der Waals surface area contributed by atoms with Gasteiger partial charge in [0.15, 0.2) is 22.2 Å². The maximum atomic E-state index is 12.8. The highest BCUT2D eigenvalue weighted by molar-refractivity contribution is 7.99. The molecule has 0 aliphatic carbocycles. The summed E-state index contributed by atoms with van der Waals surface area (Å²) in [5.41, 5.74) is 3.21. The molecule has 0 saturated heterocycles. The third-order valence-corrected chi connectivity index (χ3v) is 7.79. The highest BCUT2D eigenvalue weighted by atomic mass is 32.2. The van der Waals surface area contributed by atoms with Gasteiger partial charge in [0.25, 0.3) is 0 Å². The number of carbonyl (C=O) groups is 1. The van der Waals surface area contributed by atoms with Crippen LogP contribution >= 0.6 is 23.1 Å². The Balaban J connectivity index is 1.41. The van der Waals surface area contributed by atoms with Crippen molar-refractivity contribution in [2.45, 2.75) is 65.3 Å². The van der Waals surface area contributed by atoms with Crippen LogP contribution in [-0.4, -0.2) is 31.4 Å². The predicted molar refractivity (Wildman–Crippen MR) is 156 cm³/mol. The van der Waals surface area contributed by atoms with Crippen molar-refractivity contribution in [3.05, 3.63) is 70.9 Å². The van der Waals surface area contributed by atoms with Gasteiger partial charge in [0.1, 0.15) is 5.75 Å². The number of anilines is 1. The zero-order chi connectivity index (χ0) is 27.2. The van der Waals surface area contributed by atoms with Crippen LogP contribution in [-0.2, 0) is 11.3 Å². The van der Waals surface area contributed by atoms with E-state index in [9.17, 15) is 4.79 Å². The zero-order valence-corrected chi connectivity index (χ0v) is 24.4. The molecule has 0 radical (unpaired) electrons. The van der Waals surface area contributed by atoms with E-state index in [2.05, 4.69) is 64.9 Å². The number of nitrogens with one attached hydrogen (secondary N) is 1. The number of aryl methyl sites for hydroxylation is 1. The van der Waals surface area contributed by atoms with Crippen molar-refractivity contribution in [1.29, 1.82) is 0 Å². The number of thioether (sulfide) groups is 1. The number of hydrogen-bond acceptors (Lipinski definition) is 7. The fourth-order valence-electron chi connectivity index (χ4n) is 4.03. The van der Waals surface area contributed by atoms with Gasteiger partial charge in [0.2, 0.25) is 5.91 Å². The molecule has 1 unspecified atom stereocenters. The number of ether oxygens (including phenoxy) is 1. The second-order valence-corrected chi connectivity index (χ2v) is 12.1. The SMILES string of the molecule is Cc1sc(NC(=O)CSc2nnc(C(C)Oc3ccc(C(C)C)cc3)n2CC(C)C)nc1-c1ccccc1. The Morgan fingerprint density at radius 2 is 1.74 bits per heavy atom. The van der Waals surface area contributed by atoms with Gasteiger partial charge < -0.3 is 14.6 Å². The third kappa shape index (κ3) is 7.02. The van der Waals surface area contributed by atoms with E-state index in [1.165, 1.54) is 28.7 Å². The van der Waals surface area contributed by atoms with Gasteiger partial charge in [-0.3, -0.25) is 4.79 Å². The lowest BCUT2D eigenvalue weighted by atomic mass is 10.0. The molecule has 200 valence electrons. The van der Waals surface area contributed by atoms with E-state index in [1.54, 1.807) is 0 Å². The van der Waals surface area contributed by atoms with Crippen molar-refractivity contribution >= 4 is 34.1 Å². The highest BCUT2D eigenvalue weighted by Gasteiger charge is 2.21. The Kier molecular flexibility index (Phi) is 9.22. The van der Waals surface area contributed by atoms with Crippen molar-refractivity contribution in [3.8, 4) is 17.0 Å². The fourth-order valence-corrected chi connectivity index (χ4v) is 5.64. The van der Waals surface area contributed by atoms with Crippen LogP contribution in [0.4, 0.5) is 5.13 Å². The minimum absolute atomic E-state index is 0.126. The van der Waals surface area contributed by atoms with E-state index in [1.807, 2.05) is 56.3 Å². The maximum Gasteiger partial charge on any atom is 0.236 e. The molecule has 38 heavy (non-hydrogen) atoms. The number of hydrogen-bond donors (Lipinski definition) is 1. The molecule has 0 saturated carbocycles. The molecule has 4 aromatic rings. The first kappa shape index (κ1) is 27.9. The Bertz CT molecular complexity index is 1350. The van der Waals surface area contributed by atoms with E-state index >= 15 is 0 Å². The minimum Gasteiger partial charge on any atom is -0.483 e. The summed E-state index contributed by atoms with van der Waals surface area (Å²) in [4.78, 5) is 18.5. The Morgan fingerprint density at radius 3 is 2.39 bits per heavy atom. The molecule has 0 aliphatic rings. The van der Waals surface area contributed by atoms with Gasteiger partial charge in [-0.05, 0) is 43.4 Å². The summed E-state index contributed by atoms with van der Waals surface area (Å²) < 4.78 is 8.27. The van der Waals surface area contributed by atoms with Gasteiger partial charge in [-0.2, -0.15) is 0 Å². The fraction of sp³-hybridized carbons (Fsp3) is 0.379. The van der Waals surface area contributed by atoms with E-state index in [0.717, 1.165) is 34.3 Å². The lowest BCUT2D eigenvalue weighted by molar-refractivity contribution is -0.113. The van der Waals surface area contributed by atoms with Crippen molar-refractivity contribution < 1.29 is 9.53 Å². The topological polar surface area (TPSA) is 81.9 Å². The van der Waals surface area contributed by atoms with Gasteiger partial charge >= 0.3 is 0 Å². The highest BCUT2D eigenvalue weighted by Crippen LogP contribution is 2.31. The van der Waals surface area contributed by atoms with Crippen LogP contribution in [0.2, 0.25) is 0 Å². The quantitative estimate of drug-likeness (QED) is 0.197. The lowest BCUT2D eigenvalue weighted by Gasteiger charge is -2.18. The van der Waals surface area contributed by atoms with Crippen molar-refractivity contribution in [2.75, 3.05) is 11.1 Å². The smallest absolute Gasteiger partial charge is 0.236 e. The maximum absolute atomic E-state index is 12.8. The number of carbonyl (C=O) groups excluding carboxylic acids is 1. The zero-order valence-electron chi connectivity index (χ0n) is 22.8. The lowest BCUT2D eigenvalue weighted by Crippen LogP contribution is -2.17. The summed E-state index contributed by atoms with van der Waals surface area (Å²) in [7, 11) is 0. The normalized spacial score (nSPS) is 12.2. The first-order valence-corrected chi connectivity index (χ1v) is 14.7. The monoisotopic (exact) mass is 549 g/mol. The van der Waals surface area contributed by atoms with E-state index in [-0.39, 0.29) is 17.8 Å². The van der Waals surface area contributed by atoms with Crippen LogP contribution < -0.4 is 10.1 Å². The average Bonchev–Trinajstić information content (AvgIpc) is 3.45. The molecule has 2 aromatic carbocycles. The van der Waals surface area contributed by atoms with Gasteiger partial charge in [-0.1, -0.05) is 81.9 Å². The molecule has 0 fully saturated rings. The first-order valence-electron chi connectivity index (χ1n) is 12.9. The second-order valence-electron chi connectivity index (χ2n) is 9.96. The molecule has 1 atom stereocenters. The second kappa shape index (κ2) is 12.6. The Hall–Kier alpha value is -3.17. The molecule has 1 amide bonds. The Labute approximate surface area is 233 Å². The summed E-state index contributed by atoms with van der Waals surface area (Å²) in [6.07, 6.45) is -0.288. The largest absolute Gasteiger partial charge is 0.483 e. The number of aromatic nitrogens is 4. The molecule has 2 aromatic heterocycles. The summed E-state index contributed by atoms with van der Waals surface area (Å²) in [5, 5.41) is 13.1. The average molecular weight is 550 g/mol. The van der Waals surface area contributed by atoms with Gasteiger partial charge in [0.05, 0.1) is 11.4 Å². The molecule has 2 heterocycles. The number of rotatable bonds is 11. The van der Waals surface area contributed by atoms with Crippen molar-refractivity contribution in [2.24, 2.45) is 5.92 Å². The van der Waals surface area contributed by atoms with E-state index in [0.29, 0.717) is 22.1 Å². The number of amides is 1. The summed E-state index contributed by atoms with van der Waals surface area (Å²) in [6, 6.07) is 18.2. The van der Waals surface area contributed by atoms with Gasteiger partial charge in [0, 0.05) is 17.0 Å².